The third-order valence-electron chi connectivity index (χ3n) is 4.10. The van der Waals surface area contributed by atoms with Crippen molar-refractivity contribution >= 4 is 29.4 Å². The molecular weight excluding hydrogens is 302 g/mol. The highest BCUT2D eigenvalue weighted by Crippen LogP contribution is 2.29. The smallest absolute Gasteiger partial charge is 0.0653 e. The van der Waals surface area contributed by atoms with Gasteiger partial charge in [-0.1, -0.05) is 66.2 Å². The molecule has 0 amide bonds. The van der Waals surface area contributed by atoms with E-state index >= 15 is 0 Å². The monoisotopic (exact) mass is 316 g/mol. The van der Waals surface area contributed by atoms with Crippen molar-refractivity contribution in [3.63, 3.8) is 0 Å². The highest BCUT2D eigenvalue weighted by molar-refractivity contribution is 6.30. The van der Waals surface area contributed by atoms with Crippen molar-refractivity contribution in [2.75, 3.05) is 0 Å². The summed E-state index contributed by atoms with van der Waals surface area (Å²) >= 11 is 6.10. The lowest BCUT2D eigenvalue weighted by Gasteiger charge is -2.14. The van der Waals surface area contributed by atoms with Gasteiger partial charge >= 0.3 is 0 Å². The van der Waals surface area contributed by atoms with Crippen LogP contribution in [0.25, 0.3) is 23.3 Å². The lowest BCUT2D eigenvalue weighted by Crippen LogP contribution is -2.03. The van der Waals surface area contributed by atoms with Gasteiger partial charge in [0, 0.05) is 10.6 Å². The van der Waals surface area contributed by atoms with E-state index in [1.54, 1.807) is 0 Å². The summed E-state index contributed by atoms with van der Waals surface area (Å²) in [5.41, 5.74) is 6.95. The summed E-state index contributed by atoms with van der Waals surface area (Å²) in [4.78, 5) is 0. The minimum absolute atomic E-state index is 0.684. The van der Waals surface area contributed by atoms with Crippen molar-refractivity contribution in [3.05, 3.63) is 88.4 Å². The van der Waals surface area contributed by atoms with Crippen LogP contribution in [0, 0.1) is 0 Å². The average molecular weight is 317 g/mol. The molecule has 111 valence electrons. The second-order valence-corrected chi connectivity index (χ2v) is 6.07. The van der Waals surface area contributed by atoms with E-state index in [1.807, 2.05) is 24.3 Å². The largest absolute Gasteiger partial charge is 0.280 e. The molecule has 0 aromatic heterocycles. The van der Waals surface area contributed by atoms with E-state index in [0.717, 1.165) is 16.3 Å². The fourth-order valence-electron chi connectivity index (χ4n) is 2.86. The molecule has 3 aromatic rings. The predicted molar refractivity (Wildman–Crippen MR) is 97.8 cm³/mol. The summed E-state index contributed by atoms with van der Waals surface area (Å²) in [6.45, 7) is 0.684. The van der Waals surface area contributed by atoms with Gasteiger partial charge in [-0.25, -0.2) is 0 Å². The van der Waals surface area contributed by atoms with Crippen LogP contribution in [0.3, 0.4) is 0 Å². The summed E-state index contributed by atoms with van der Waals surface area (Å²) < 4.78 is 0. The van der Waals surface area contributed by atoms with E-state index < -0.39 is 0 Å². The van der Waals surface area contributed by atoms with Gasteiger partial charge < -0.3 is 0 Å². The zero-order valence-electron chi connectivity index (χ0n) is 12.5. The molecular formula is C21H15ClN. The van der Waals surface area contributed by atoms with Gasteiger partial charge in [0.15, 0.2) is 0 Å². The Balaban J connectivity index is 1.77. The predicted octanol–water partition coefficient (Wildman–Crippen LogP) is 5.93. The van der Waals surface area contributed by atoms with Gasteiger partial charge in [0.2, 0.25) is 0 Å². The molecule has 1 aliphatic rings. The van der Waals surface area contributed by atoms with Gasteiger partial charge in [0.25, 0.3) is 0 Å². The molecule has 4 rings (SSSR count). The van der Waals surface area contributed by atoms with E-state index in [4.69, 9.17) is 16.9 Å². The fourth-order valence-corrected chi connectivity index (χ4v) is 3.04. The Hall–Kier alpha value is -2.51. The van der Waals surface area contributed by atoms with Gasteiger partial charge in [-0.3, -0.25) is 5.32 Å². The van der Waals surface area contributed by atoms with Crippen molar-refractivity contribution in [1.29, 1.82) is 0 Å². The first kappa shape index (κ1) is 14.1. The molecule has 0 atom stereocenters. The molecule has 0 spiro atoms. The maximum atomic E-state index is 6.10. The molecule has 0 saturated carbocycles. The maximum Gasteiger partial charge on any atom is 0.0653 e. The lowest BCUT2D eigenvalue weighted by atomic mass is 9.97. The third kappa shape index (κ3) is 2.88. The first-order valence-electron chi connectivity index (χ1n) is 7.63. The zero-order chi connectivity index (χ0) is 15.6. The highest BCUT2D eigenvalue weighted by Gasteiger charge is 2.09. The van der Waals surface area contributed by atoms with Crippen molar-refractivity contribution in [2.45, 2.75) is 6.54 Å². The lowest BCUT2D eigenvalue weighted by molar-refractivity contribution is 0.859. The van der Waals surface area contributed by atoms with Crippen LogP contribution < -0.4 is 5.32 Å². The van der Waals surface area contributed by atoms with Crippen LogP contribution in [0.2, 0.25) is 5.02 Å². The Morgan fingerprint density at radius 1 is 0.739 bits per heavy atom. The van der Waals surface area contributed by atoms with Crippen LogP contribution >= 0.6 is 11.6 Å². The molecule has 0 unspecified atom stereocenters. The van der Waals surface area contributed by atoms with Gasteiger partial charge in [-0.05, 0) is 46.5 Å². The standard InChI is InChI=1S/C21H15ClN/c22-20-10-11-21-18(13-20)8-6-17-12-16(7-9-19(17)14-23-21)15-4-2-1-3-5-15/h1-13H,14H2/b8-6-. The van der Waals surface area contributed by atoms with Crippen LogP contribution in [-0.4, -0.2) is 0 Å². The van der Waals surface area contributed by atoms with E-state index in [0.29, 0.717) is 6.54 Å². The number of hydrogen-bond acceptors (Lipinski definition) is 0. The molecule has 1 radical (unpaired) electrons. The van der Waals surface area contributed by atoms with Crippen molar-refractivity contribution in [1.82, 2.24) is 5.32 Å². The second-order valence-electron chi connectivity index (χ2n) is 5.63. The Morgan fingerprint density at radius 3 is 2.43 bits per heavy atom. The molecule has 1 nitrogen and oxygen atoms in total. The number of halogens is 1. The topological polar surface area (TPSA) is 14.1 Å². The van der Waals surface area contributed by atoms with Crippen LogP contribution in [0.4, 0.5) is 5.69 Å². The SMILES string of the molecule is Clc1ccc2c(c1)/C=C\c1cc(-c3ccccc3)ccc1C[N]2. The van der Waals surface area contributed by atoms with E-state index in [1.165, 1.54) is 22.3 Å². The number of hydrogen-bond donors (Lipinski definition) is 0. The number of rotatable bonds is 1. The average Bonchev–Trinajstić information content (AvgIpc) is 2.58. The molecule has 0 bridgehead atoms. The Kier molecular flexibility index (Phi) is 3.64. The van der Waals surface area contributed by atoms with Crippen molar-refractivity contribution in [3.8, 4) is 11.1 Å². The molecule has 0 fully saturated rings. The molecule has 1 aliphatic heterocycles. The Labute approximate surface area is 141 Å². The molecule has 0 aliphatic carbocycles. The maximum absolute atomic E-state index is 6.10. The van der Waals surface area contributed by atoms with Gasteiger partial charge in [-0.2, -0.15) is 0 Å². The van der Waals surface area contributed by atoms with Crippen LogP contribution in [0.5, 0.6) is 0 Å². The van der Waals surface area contributed by atoms with Gasteiger partial charge in [0.1, 0.15) is 0 Å². The minimum atomic E-state index is 0.684. The number of nitrogens with zero attached hydrogens (tertiary/aromatic N) is 1. The number of benzene rings is 3. The normalized spacial score (nSPS) is 14.0. The van der Waals surface area contributed by atoms with E-state index in [9.17, 15) is 0 Å². The van der Waals surface area contributed by atoms with Crippen molar-refractivity contribution < 1.29 is 0 Å². The second kappa shape index (κ2) is 5.94. The summed E-state index contributed by atoms with van der Waals surface area (Å²) in [7, 11) is 0. The van der Waals surface area contributed by atoms with E-state index in [2.05, 4.69) is 54.6 Å². The van der Waals surface area contributed by atoms with Crippen LogP contribution in [-0.2, 0) is 6.54 Å². The summed E-state index contributed by atoms with van der Waals surface area (Å²) in [5, 5.41) is 5.46. The van der Waals surface area contributed by atoms with Gasteiger partial charge in [-0.15, -0.1) is 0 Å². The molecule has 1 heterocycles. The summed E-state index contributed by atoms with van der Waals surface area (Å²) in [6.07, 6.45) is 4.25. The first-order chi connectivity index (χ1) is 11.3. The van der Waals surface area contributed by atoms with Crippen LogP contribution in [0.1, 0.15) is 16.7 Å². The third-order valence-corrected chi connectivity index (χ3v) is 4.34. The fraction of sp³-hybridized carbons (Fsp3) is 0.0476. The van der Waals surface area contributed by atoms with Crippen LogP contribution in [0.15, 0.2) is 66.7 Å². The quantitative estimate of drug-likeness (QED) is 0.528. The van der Waals surface area contributed by atoms with E-state index in [-0.39, 0.29) is 0 Å². The summed E-state index contributed by atoms with van der Waals surface area (Å²) in [6, 6.07) is 22.8. The Bertz CT molecular complexity index is 882. The first-order valence-corrected chi connectivity index (χ1v) is 8.01. The molecule has 0 saturated heterocycles. The molecule has 23 heavy (non-hydrogen) atoms. The summed E-state index contributed by atoms with van der Waals surface area (Å²) in [5.74, 6) is 0. The van der Waals surface area contributed by atoms with Gasteiger partial charge in [0.05, 0.1) is 12.2 Å². The minimum Gasteiger partial charge on any atom is -0.280 e. The zero-order valence-corrected chi connectivity index (χ0v) is 13.3. The highest BCUT2D eigenvalue weighted by atomic mass is 35.5. The molecule has 2 heteroatoms. The molecule has 0 N–H and O–H groups in total. The molecule has 3 aromatic carbocycles. The van der Waals surface area contributed by atoms with Crippen molar-refractivity contribution in [2.24, 2.45) is 0 Å². The Morgan fingerprint density at radius 2 is 1.57 bits per heavy atom. The number of fused-ring (bicyclic) bond motifs is 2.